The smallest absolute Gasteiger partial charge is 0.231 e. The van der Waals surface area contributed by atoms with Gasteiger partial charge in [0.2, 0.25) is 6.79 Å². The van der Waals surface area contributed by atoms with E-state index < -0.39 is 0 Å². The van der Waals surface area contributed by atoms with E-state index in [2.05, 4.69) is 5.92 Å². The number of ether oxygens (including phenoxy) is 3. The van der Waals surface area contributed by atoms with Crippen LogP contribution in [0.5, 0.6) is 17.2 Å². The van der Waals surface area contributed by atoms with Crippen molar-refractivity contribution in [2.24, 2.45) is 0 Å². The summed E-state index contributed by atoms with van der Waals surface area (Å²) in [6.07, 6.45) is 5.50. The third kappa shape index (κ3) is 1.94. The average molecular weight is 270 g/mol. The third-order valence-electron chi connectivity index (χ3n) is 3.13. The zero-order valence-corrected chi connectivity index (χ0v) is 10.8. The highest BCUT2D eigenvalue weighted by atomic mass is 19.1. The predicted molar refractivity (Wildman–Crippen MR) is 72.4 cm³/mol. The molecular formula is C16H11FO3. The summed E-state index contributed by atoms with van der Waals surface area (Å²) in [6, 6.07) is 7.88. The highest BCUT2D eigenvalue weighted by molar-refractivity contribution is 5.76. The molecule has 1 heterocycles. The molecule has 0 atom stereocenters. The van der Waals surface area contributed by atoms with Crippen molar-refractivity contribution in [3.05, 3.63) is 41.7 Å². The fraction of sp³-hybridized carbons (Fsp3) is 0.125. The van der Waals surface area contributed by atoms with Gasteiger partial charge in [0.05, 0.1) is 7.11 Å². The maximum atomic E-state index is 14.1. The zero-order chi connectivity index (χ0) is 14.1. The van der Waals surface area contributed by atoms with Gasteiger partial charge in [-0.2, -0.15) is 0 Å². The van der Waals surface area contributed by atoms with Gasteiger partial charge in [-0.15, -0.1) is 6.42 Å². The maximum Gasteiger partial charge on any atom is 0.231 e. The molecule has 0 spiro atoms. The van der Waals surface area contributed by atoms with Crippen molar-refractivity contribution in [3.8, 4) is 40.7 Å². The molecule has 0 radical (unpaired) electrons. The second kappa shape index (κ2) is 4.78. The molecule has 0 aliphatic carbocycles. The monoisotopic (exact) mass is 270 g/mol. The largest absolute Gasteiger partial charge is 0.497 e. The number of rotatable bonds is 2. The minimum atomic E-state index is -0.374. The first-order valence-electron chi connectivity index (χ1n) is 5.97. The van der Waals surface area contributed by atoms with Crippen LogP contribution in [-0.4, -0.2) is 13.9 Å². The van der Waals surface area contributed by atoms with Gasteiger partial charge in [0.1, 0.15) is 11.6 Å². The minimum Gasteiger partial charge on any atom is -0.497 e. The Balaban J connectivity index is 2.22. The number of hydrogen-bond acceptors (Lipinski definition) is 3. The number of terminal acetylenes is 1. The number of fused-ring (bicyclic) bond motifs is 1. The third-order valence-corrected chi connectivity index (χ3v) is 3.13. The second-order valence-corrected chi connectivity index (χ2v) is 4.24. The normalized spacial score (nSPS) is 12.1. The van der Waals surface area contributed by atoms with Crippen molar-refractivity contribution in [1.82, 2.24) is 0 Å². The fourth-order valence-corrected chi connectivity index (χ4v) is 2.12. The molecule has 2 aromatic rings. The SMILES string of the molecule is C#Cc1cc2c(cc1-c1cc(OC)ccc1F)OCO2. The summed E-state index contributed by atoms with van der Waals surface area (Å²) in [7, 11) is 1.53. The van der Waals surface area contributed by atoms with Crippen LogP contribution in [0.25, 0.3) is 11.1 Å². The Morgan fingerprint density at radius 2 is 1.90 bits per heavy atom. The van der Waals surface area contributed by atoms with E-state index in [4.69, 9.17) is 20.6 Å². The molecule has 0 bridgehead atoms. The van der Waals surface area contributed by atoms with Gasteiger partial charge in [-0.25, -0.2) is 4.39 Å². The lowest BCUT2D eigenvalue weighted by molar-refractivity contribution is 0.174. The van der Waals surface area contributed by atoms with Crippen LogP contribution in [-0.2, 0) is 0 Å². The molecule has 0 saturated heterocycles. The quantitative estimate of drug-likeness (QED) is 0.784. The van der Waals surface area contributed by atoms with E-state index in [1.807, 2.05) is 0 Å². The van der Waals surface area contributed by atoms with E-state index in [1.165, 1.54) is 13.2 Å². The van der Waals surface area contributed by atoms with Crippen LogP contribution in [0.15, 0.2) is 30.3 Å². The lowest BCUT2D eigenvalue weighted by Gasteiger charge is -2.10. The molecule has 0 fully saturated rings. The molecule has 1 aliphatic heterocycles. The first kappa shape index (κ1) is 12.4. The maximum absolute atomic E-state index is 14.1. The summed E-state index contributed by atoms with van der Waals surface area (Å²) in [4.78, 5) is 0. The molecule has 3 rings (SSSR count). The van der Waals surface area contributed by atoms with Crippen LogP contribution in [0, 0.1) is 18.2 Å². The van der Waals surface area contributed by atoms with Crippen LogP contribution in [0.2, 0.25) is 0 Å². The molecule has 1 aliphatic rings. The predicted octanol–water partition coefficient (Wildman–Crippen LogP) is 3.21. The Morgan fingerprint density at radius 1 is 1.15 bits per heavy atom. The fourth-order valence-electron chi connectivity index (χ4n) is 2.12. The van der Waals surface area contributed by atoms with E-state index in [9.17, 15) is 4.39 Å². The van der Waals surface area contributed by atoms with E-state index in [0.29, 0.717) is 33.9 Å². The molecule has 100 valence electrons. The first-order chi connectivity index (χ1) is 9.72. The van der Waals surface area contributed by atoms with Crippen molar-refractivity contribution in [1.29, 1.82) is 0 Å². The summed E-state index contributed by atoms with van der Waals surface area (Å²) < 4.78 is 29.8. The van der Waals surface area contributed by atoms with Crippen LogP contribution in [0.3, 0.4) is 0 Å². The lowest BCUT2D eigenvalue weighted by atomic mass is 9.98. The number of methoxy groups -OCH3 is 1. The molecule has 3 nitrogen and oxygen atoms in total. The molecule has 0 unspecified atom stereocenters. The van der Waals surface area contributed by atoms with E-state index in [1.54, 1.807) is 24.3 Å². The first-order valence-corrected chi connectivity index (χ1v) is 5.97. The molecule has 0 N–H and O–H groups in total. The summed E-state index contributed by atoms with van der Waals surface area (Å²) in [5.74, 6) is 3.86. The molecule has 2 aromatic carbocycles. The molecule has 20 heavy (non-hydrogen) atoms. The van der Waals surface area contributed by atoms with Gasteiger partial charge in [0.15, 0.2) is 11.5 Å². The molecule has 0 aromatic heterocycles. The van der Waals surface area contributed by atoms with Crippen LogP contribution >= 0.6 is 0 Å². The molecular weight excluding hydrogens is 259 g/mol. The Bertz CT molecular complexity index is 716. The van der Waals surface area contributed by atoms with Crippen molar-refractivity contribution in [3.63, 3.8) is 0 Å². The Morgan fingerprint density at radius 3 is 2.60 bits per heavy atom. The highest BCUT2D eigenvalue weighted by Gasteiger charge is 2.19. The standard InChI is InChI=1S/C16H11FO3/c1-3-10-6-15-16(20-9-19-15)8-12(10)13-7-11(18-2)4-5-14(13)17/h1,4-8H,9H2,2H3. The average Bonchev–Trinajstić information content (AvgIpc) is 2.93. The number of benzene rings is 2. The van der Waals surface area contributed by atoms with Gasteiger partial charge in [0, 0.05) is 22.8 Å². The van der Waals surface area contributed by atoms with Crippen molar-refractivity contribution in [2.45, 2.75) is 0 Å². The zero-order valence-electron chi connectivity index (χ0n) is 10.8. The van der Waals surface area contributed by atoms with Gasteiger partial charge in [-0.05, 0) is 24.3 Å². The summed E-state index contributed by atoms with van der Waals surface area (Å²) in [5.41, 5.74) is 1.49. The van der Waals surface area contributed by atoms with Gasteiger partial charge < -0.3 is 14.2 Å². The number of hydrogen-bond donors (Lipinski definition) is 0. The van der Waals surface area contributed by atoms with Gasteiger partial charge in [-0.1, -0.05) is 5.92 Å². The van der Waals surface area contributed by atoms with Crippen molar-refractivity contribution >= 4 is 0 Å². The number of halogens is 1. The molecule has 0 amide bonds. The minimum absolute atomic E-state index is 0.142. The highest BCUT2D eigenvalue weighted by Crippen LogP contribution is 2.39. The molecule has 4 heteroatoms. The van der Waals surface area contributed by atoms with E-state index in [-0.39, 0.29) is 12.6 Å². The Kier molecular flexibility index (Phi) is 2.96. The van der Waals surface area contributed by atoms with Gasteiger partial charge in [0.25, 0.3) is 0 Å². The van der Waals surface area contributed by atoms with Crippen LogP contribution in [0.1, 0.15) is 5.56 Å². The van der Waals surface area contributed by atoms with Crippen LogP contribution in [0.4, 0.5) is 4.39 Å². The Hall–Kier alpha value is -2.67. The van der Waals surface area contributed by atoms with Crippen molar-refractivity contribution in [2.75, 3.05) is 13.9 Å². The van der Waals surface area contributed by atoms with Gasteiger partial charge in [-0.3, -0.25) is 0 Å². The topological polar surface area (TPSA) is 27.7 Å². The Labute approximate surface area is 115 Å². The summed E-state index contributed by atoms with van der Waals surface area (Å²) in [6.45, 7) is 0.142. The van der Waals surface area contributed by atoms with E-state index >= 15 is 0 Å². The van der Waals surface area contributed by atoms with E-state index in [0.717, 1.165) is 0 Å². The second-order valence-electron chi connectivity index (χ2n) is 4.24. The summed E-state index contributed by atoms with van der Waals surface area (Å²) >= 11 is 0. The summed E-state index contributed by atoms with van der Waals surface area (Å²) in [5, 5.41) is 0. The molecule has 0 saturated carbocycles. The lowest BCUT2D eigenvalue weighted by Crippen LogP contribution is -1.93. The van der Waals surface area contributed by atoms with Gasteiger partial charge >= 0.3 is 0 Å². The van der Waals surface area contributed by atoms with Crippen molar-refractivity contribution < 1.29 is 18.6 Å². The van der Waals surface area contributed by atoms with Crippen LogP contribution < -0.4 is 14.2 Å².